The molecule has 0 unspecified atom stereocenters. The predicted octanol–water partition coefficient (Wildman–Crippen LogP) is 4.16. The molecule has 5 nitrogen and oxygen atoms in total. The Kier molecular flexibility index (Phi) is 5.34. The first-order valence-electron chi connectivity index (χ1n) is 7.83. The highest BCUT2D eigenvalue weighted by Gasteiger charge is 2.19. The SMILES string of the molecule is Cc1ccc(OCNC(=O)Nc2cccc(O)c2)c(C(C)(C)C)c1. The first-order chi connectivity index (χ1) is 11.3. The molecule has 0 aliphatic heterocycles. The van der Waals surface area contributed by atoms with Gasteiger partial charge in [-0.3, -0.25) is 0 Å². The van der Waals surface area contributed by atoms with Gasteiger partial charge in [0.25, 0.3) is 0 Å². The highest BCUT2D eigenvalue weighted by atomic mass is 16.5. The second kappa shape index (κ2) is 7.25. The highest BCUT2D eigenvalue weighted by molar-refractivity contribution is 5.89. The van der Waals surface area contributed by atoms with Crippen molar-refractivity contribution in [1.29, 1.82) is 0 Å². The molecule has 5 heteroatoms. The van der Waals surface area contributed by atoms with Crippen LogP contribution >= 0.6 is 0 Å². The molecule has 0 aromatic heterocycles. The van der Waals surface area contributed by atoms with Crippen LogP contribution in [0.2, 0.25) is 0 Å². The lowest BCUT2D eigenvalue weighted by Crippen LogP contribution is -2.32. The quantitative estimate of drug-likeness (QED) is 0.738. The average molecular weight is 328 g/mol. The molecular formula is C19H24N2O3. The van der Waals surface area contributed by atoms with Crippen molar-refractivity contribution < 1.29 is 14.6 Å². The number of rotatable bonds is 4. The molecule has 2 aromatic carbocycles. The molecule has 0 heterocycles. The summed E-state index contributed by atoms with van der Waals surface area (Å²) in [5.74, 6) is 0.851. The summed E-state index contributed by atoms with van der Waals surface area (Å²) in [4.78, 5) is 11.9. The summed E-state index contributed by atoms with van der Waals surface area (Å²) < 4.78 is 5.73. The molecule has 3 N–H and O–H groups in total. The van der Waals surface area contributed by atoms with Crippen molar-refractivity contribution in [2.45, 2.75) is 33.1 Å². The summed E-state index contributed by atoms with van der Waals surface area (Å²) in [5.41, 5.74) is 2.73. The van der Waals surface area contributed by atoms with Crippen LogP contribution in [0.4, 0.5) is 10.5 Å². The van der Waals surface area contributed by atoms with Gasteiger partial charge in [-0.2, -0.15) is 0 Å². The van der Waals surface area contributed by atoms with Gasteiger partial charge in [-0.05, 0) is 36.1 Å². The van der Waals surface area contributed by atoms with E-state index in [-0.39, 0.29) is 17.9 Å². The molecule has 0 spiro atoms. The maximum atomic E-state index is 11.9. The number of anilines is 1. The van der Waals surface area contributed by atoms with Gasteiger partial charge in [-0.25, -0.2) is 4.79 Å². The zero-order valence-corrected chi connectivity index (χ0v) is 14.5. The normalized spacial score (nSPS) is 11.0. The van der Waals surface area contributed by atoms with Gasteiger partial charge in [-0.15, -0.1) is 0 Å². The lowest BCUT2D eigenvalue weighted by Gasteiger charge is -2.23. The van der Waals surface area contributed by atoms with Crippen LogP contribution in [0.25, 0.3) is 0 Å². The molecule has 24 heavy (non-hydrogen) atoms. The summed E-state index contributed by atoms with van der Waals surface area (Å²) in [6, 6.07) is 12.0. The number of benzene rings is 2. The Bertz CT molecular complexity index is 721. The number of ether oxygens (including phenoxy) is 1. The van der Waals surface area contributed by atoms with E-state index in [0.29, 0.717) is 5.69 Å². The fourth-order valence-corrected chi connectivity index (χ4v) is 2.29. The van der Waals surface area contributed by atoms with Gasteiger partial charge < -0.3 is 20.5 Å². The Morgan fingerprint density at radius 2 is 1.92 bits per heavy atom. The zero-order valence-electron chi connectivity index (χ0n) is 14.5. The van der Waals surface area contributed by atoms with Crippen molar-refractivity contribution in [3.05, 3.63) is 53.6 Å². The number of amides is 2. The molecule has 0 aliphatic rings. The van der Waals surface area contributed by atoms with E-state index in [2.05, 4.69) is 37.5 Å². The second-order valence-electron chi connectivity index (χ2n) is 6.72. The molecule has 2 aromatic rings. The van der Waals surface area contributed by atoms with Gasteiger partial charge in [0.05, 0.1) is 0 Å². The minimum Gasteiger partial charge on any atom is -0.508 e. The van der Waals surface area contributed by atoms with Crippen molar-refractivity contribution in [2.75, 3.05) is 12.0 Å². The van der Waals surface area contributed by atoms with Gasteiger partial charge >= 0.3 is 6.03 Å². The van der Waals surface area contributed by atoms with Crippen molar-refractivity contribution in [1.82, 2.24) is 5.32 Å². The molecule has 2 amide bonds. The topological polar surface area (TPSA) is 70.6 Å². The number of carbonyl (C=O) groups is 1. The standard InChI is InChI=1S/C19H24N2O3/c1-13-8-9-17(16(10-13)19(2,3)4)24-12-20-18(23)21-14-6-5-7-15(22)11-14/h5-11,22H,12H2,1-4H3,(H2,20,21,23). The highest BCUT2D eigenvalue weighted by Crippen LogP contribution is 2.31. The average Bonchev–Trinajstić information content (AvgIpc) is 2.47. The van der Waals surface area contributed by atoms with Gasteiger partial charge in [0, 0.05) is 11.8 Å². The summed E-state index contributed by atoms with van der Waals surface area (Å²) in [6.07, 6.45) is 0. The summed E-state index contributed by atoms with van der Waals surface area (Å²) >= 11 is 0. The molecule has 0 aliphatic carbocycles. The van der Waals surface area contributed by atoms with E-state index < -0.39 is 6.03 Å². The first-order valence-corrected chi connectivity index (χ1v) is 7.83. The Hall–Kier alpha value is -2.69. The molecule has 0 fully saturated rings. The number of phenolic OH excluding ortho intramolecular Hbond substituents is 1. The molecule has 128 valence electrons. The Morgan fingerprint density at radius 1 is 1.17 bits per heavy atom. The van der Waals surface area contributed by atoms with Crippen LogP contribution in [0.1, 0.15) is 31.9 Å². The third kappa shape index (κ3) is 4.91. The smallest absolute Gasteiger partial charge is 0.321 e. The van der Waals surface area contributed by atoms with Crippen molar-refractivity contribution >= 4 is 11.7 Å². The number of phenols is 1. The summed E-state index contributed by atoms with van der Waals surface area (Å²) in [6.45, 7) is 8.46. The fraction of sp³-hybridized carbons (Fsp3) is 0.316. The monoisotopic (exact) mass is 328 g/mol. The summed E-state index contributed by atoms with van der Waals surface area (Å²) in [5, 5.41) is 14.7. The third-order valence-electron chi connectivity index (χ3n) is 3.51. The number of aryl methyl sites for hydroxylation is 1. The molecule has 0 atom stereocenters. The van der Waals surface area contributed by atoms with Crippen LogP contribution < -0.4 is 15.4 Å². The van der Waals surface area contributed by atoms with E-state index in [0.717, 1.165) is 11.3 Å². The minimum atomic E-state index is -0.398. The minimum absolute atomic E-state index is 0.0504. The third-order valence-corrected chi connectivity index (χ3v) is 3.51. The zero-order chi connectivity index (χ0) is 17.7. The molecule has 0 saturated carbocycles. The first kappa shape index (κ1) is 17.7. The molecule has 0 bridgehead atoms. The van der Waals surface area contributed by atoms with E-state index in [1.807, 2.05) is 19.1 Å². The van der Waals surface area contributed by atoms with Crippen LogP contribution in [0.15, 0.2) is 42.5 Å². The lowest BCUT2D eigenvalue weighted by atomic mass is 9.85. The maximum Gasteiger partial charge on any atom is 0.321 e. The van der Waals surface area contributed by atoms with Crippen molar-refractivity contribution in [2.24, 2.45) is 0 Å². The Morgan fingerprint density at radius 3 is 2.58 bits per heavy atom. The number of urea groups is 1. The predicted molar refractivity (Wildman–Crippen MR) is 95.6 cm³/mol. The van der Waals surface area contributed by atoms with Crippen LogP contribution in [0, 0.1) is 6.92 Å². The second-order valence-corrected chi connectivity index (χ2v) is 6.72. The molecule has 0 saturated heterocycles. The van der Waals surface area contributed by atoms with E-state index in [9.17, 15) is 9.90 Å². The Labute approximate surface area is 142 Å². The van der Waals surface area contributed by atoms with Crippen molar-refractivity contribution in [3.63, 3.8) is 0 Å². The number of carbonyl (C=O) groups excluding carboxylic acids is 1. The molecule has 0 radical (unpaired) electrons. The van der Waals surface area contributed by atoms with Crippen molar-refractivity contribution in [3.8, 4) is 11.5 Å². The van der Waals surface area contributed by atoms with E-state index in [1.54, 1.807) is 12.1 Å². The largest absolute Gasteiger partial charge is 0.508 e. The van der Waals surface area contributed by atoms with E-state index in [4.69, 9.17) is 4.74 Å². The van der Waals surface area contributed by atoms with Crippen LogP contribution in [-0.4, -0.2) is 17.9 Å². The Balaban J connectivity index is 1.93. The summed E-state index contributed by atoms with van der Waals surface area (Å²) in [7, 11) is 0. The van der Waals surface area contributed by atoms with Gasteiger partial charge in [0.2, 0.25) is 0 Å². The lowest BCUT2D eigenvalue weighted by molar-refractivity contribution is 0.233. The number of hydrogen-bond acceptors (Lipinski definition) is 3. The number of aromatic hydroxyl groups is 1. The number of nitrogens with one attached hydrogen (secondary N) is 2. The van der Waals surface area contributed by atoms with E-state index >= 15 is 0 Å². The van der Waals surface area contributed by atoms with E-state index in [1.165, 1.54) is 17.7 Å². The number of hydrogen-bond donors (Lipinski definition) is 3. The fourth-order valence-electron chi connectivity index (χ4n) is 2.29. The van der Waals surface area contributed by atoms with Gasteiger partial charge in [0.1, 0.15) is 11.5 Å². The van der Waals surface area contributed by atoms with Gasteiger partial charge in [0.15, 0.2) is 6.73 Å². The van der Waals surface area contributed by atoms with Gasteiger partial charge in [-0.1, -0.05) is 44.5 Å². The molecule has 2 rings (SSSR count). The maximum absolute atomic E-state index is 11.9. The van der Waals surface area contributed by atoms with Crippen LogP contribution in [0.3, 0.4) is 0 Å². The molecular weight excluding hydrogens is 304 g/mol. The van der Waals surface area contributed by atoms with Crippen LogP contribution in [-0.2, 0) is 5.41 Å². The van der Waals surface area contributed by atoms with Crippen LogP contribution in [0.5, 0.6) is 11.5 Å².